The molecule has 0 aromatic carbocycles. The molecule has 1 atom stereocenters. The normalized spacial score (nSPS) is 23.2. The van der Waals surface area contributed by atoms with Gasteiger partial charge in [-0.2, -0.15) is 0 Å². The van der Waals surface area contributed by atoms with Crippen molar-refractivity contribution in [1.29, 1.82) is 0 Å². The number of likely N-dealkylation sites (N-methyl/N-ethyl adjacent to an activating group) is 1. The average molecular weight is 293 g/mol. The van der Waals surface area contributed by atoms with Crippen LogP contribution in [0.3, 0.4) is 0 Å². The van der Waals surface area contributed by atoms with Gasteiger partial charge in [0.05, 0.1) is 0 Å². The Morgan fingerprint density at radius 1 is 1.38 bits per heavy atom. The van der Waals surface area contributed by atoms with Crippen LogP contribution in [0.25, 0.3) is 0 Å². The van der Waals surface area contributed by atoms with Gasteiger partial charge in [0.25, 0.3) is 5.88 Å². The van der Waals surface area contributed by atoms with E-state index in [-0.39, 0.29) is 11.7 Å². The minimum absolute atomic E-state index is 0.143. The Bertz CT molecular complexity index is 479. The molecule has 0 spiro atoms. The fraction of sp³-hybridized carbons (Fsp3) is 0.688. The summed E-state index contributed by atoms with van der Waals surface area (Å²) < 4.78 is 20.0. The van der Waals surface area contributed by atoms with E-state index in [2.05, 4.69) is 22.2 Å². The van der Waals surface area contributed by atoms with Crippen LogP contribution in [-0.2, 0) is 6.54 Å². The summed E-state index contributed by atoms with van der Waals surface area (Å²) in [7, 11) is 2.10. The molecule has 1 aromatic heterocycles. The van der Waals surface area contributed by atoms with Gasteiger partial charge in [-0.25, -0.2) is 9.37 Å². The lowest BCUT2D eigenvalue weighted by Gasteiger charge is -2.32. The number of hydrogen-bond donors (Lipinski definition) is 1. The molecule has 1 unspecified atom stereocenters. The number of halogens is 1. The van der Waals surface area contributed by atoms with Gasteiger partial charge in [-0.1, -0.05) is 6.42 Å². The van der Waals surface area contributed by atoms with Gasteiger partial charge in [0.2, 0.25) is 0 Å². The molecule has 1 aliphatic carbocycles. The SMILES string of the molecule is CN1CCCCC1COc1nccc(CNC2CC2)c1F. The highest BCUT2D eigenvalue weighted by Gasteiger charge is 2.22. The largest absolute Gasteiger partial charge is 0.474 e. The van der Waals surface area contributed by atoms with E-state index in [0.717, 1.165) is 13.0 Å². The molecule has 2 fully saturated rings. The third-order valence-electron chi connectivity index (χ3n) is 4.43. The number of nitrogens with zero attached hydrogens (tertiary/aromatic N) is 2. The molecule has 0 bridgehead atoms. The average Bonchev–Trinajstić information content (AvgIpc) is 3.31. The Kier molecular flexibility index (Phi) is 4.70. The van der Waals surface area contributed by atoms with Crippen LogP contribution in [0.5, 0.6) is 5.88 Å². The van der Waals surface area contributed by atoms with Gasteiger partial charge in [0.15, 0.2) is 5.82 Å². The smallest absolute Gasteiger partial charge is 0.250 e. The number of ether oxygens (including phenoxy) is 1. The number of piperidine rings is 1. The Labute approximate surface area is 125 Å². The van der Waals surface area contributed by atoms with Crippen LogP contribution in [-0.4, -0.2) is 42.2 Å². The fourth-order valence-corrected chi connectivity index (χ4v) is 2.77. The van der Waals surface area contributed by atoms with Gasteiger partial charge in [0, 0.05) is 30.4 Å². The first-order valence-electron chi connectivity index (χ1n) is 7.94. The zero-order valence-electron chi connectivity index (χ0n) is 12.6. The number of aromatic nitrogens is 1. The highest BCUT2D eigenvalue weighted by Crippen LogP contribution is 2.22. The molecule has 1 aliphatic heterocycles. The van der Waals surface area contributed by atoms with Gasteiger partial charge in [-0.15, -0.1) is 0 Å². The molecule has 1 saturated carbocycles. The number of pyridine rings is 1. The number of likely N-dealkylation sites (tertiary alicyclic amines) is 1. The molecule has 0 radical (unpaired) electrons. The first kappa shape index (κ1) is 14.7. The molecule has 21 heavy (non-hydrogen) atoms. The van der Waals surface area contributed by atoms with Crippen molar-refractivity contribution in [2.45, 2.75) is 50.7 Å². The lowest BCUT2D eigenvalue weighted by atomic mass is 10.0. The predicted molar refractivity (Wildman–Crippen MR) is 79.8 cm³/mol. The van der Waals surface area contributed by atoms with E-state index >= 15 is 0 Å². The fourth-order valence-electron chi connectivity index (χ4n) is 2.77. The second-order valence-electron chi connectivity index (χ2n) is 6.19. The predicted octanol–water partition coefficient (Wildman–Crippen LogP) is 2.34. The van der Waals surface area contributed by atoms with E-state index in [1.165, 1.54) is 25.7 Å². The molecular formula is C16H24FN3O. The van der Waals surface area contributed by atoms with Crippen molar-refractivity contribution in [1.82, 2.24) is 15.2 Å². The lowest BCUT2D eigenvalue weighted by molar-refractivity contribution is 0.120. The van der Waals surface area contributed by atoms with Crippen LogP contribution in [0.2, 0.25) is 0 Å². The van der Waals surface area contributed by atoms with E-state index in [9.17, 15) is 4.39 Å². The minimum atomic E-state index is -0.316. The van der Waals surface area contributed by atoms with Crippen molar-refractivity contribution in [2.24, 2.45) is 0 Å². The molecule has 116 valence electrons. The third kappa shape index (κ3) is 3.92. The molecular weight excluding hydrogens is 269 g/mol. The monoisotopic (exact) mass is 293 g/mol. The Hall–Kier alpha value is -1.20. The Balaban J connectivity index is 1.57. The number of rotatable bonds is 6. The molecule has 4 nitrogen and oxygen atoms in total. The van der Waals surface area contributed by atoms with Gasteiger partial charge in [-0.05, 0) is 45.3 Å². The number of hydrogen-bond acceptors (Lipinski definition) is 4. The van der Waals surface area contributed by atoms with Gasteiger partial charge in [0.1, 0.15) is 6.61 Å². The van der Waals surface area contributed by atoms with Crippen LogP contribution in [0, 0.1) is 5.82 Å². The zero-order chi connectivity index (χ0) is 14.7. The topological polar surface area (TPSA) is 37.4 Å². The molecule has 2 heterocycles. The second-order valence-corrected chi connectivity index (χ2v) is 6.19. The van der Waals surface area contributed by atoms with Crippen molar-refractivity contribution in [3.8, 4) is 5.88 Å². The van der Waals surface area contributed by atoms with Crippen molar-refractivity contribution in [3.05, 3.63) is 23.6 Å². The van der Waals surface area contributed by atoms with Gasteiger partial charge >= 0.3 is 0 Å². The summed E-state index contributed by atoms with van der Waals surface area (Å²) in [5.41, 5.74) is 0.642. The van der Waals surface area contributed by atoms with Crippen LogP contribution in [0.1, 0.15) is 37.7 Å². The van der Waals surface area contributed by atoms with E-state index in [1.54, 1.807) is 12.3 Å². The maximum Gasteiger partial charge on any atom is 0.250 e. The highest BCUT2D eigenvalue weighted by atomic mass is 19.1. The lowest BCUT2D eigenvalue weighted by Crippen LogP contribution is -2.40. The van der Waals surface area contributed by atoms with Gasteiger partial charge < -0.3 is 15.0 Å². The quantitative estimate of drug-likeness (QED) is 0.873. The first-order valence-corrected chi connectivity index (χ1v) is 7.94. The van der Waals surface area contributed by atoms with E-state index < -0.39 is 0 Å². The standard InChI is InChI=1S/C16H24FN3O/c1-20-9-3-2-4-14(20)11-21-16-15(17)12(7-8-18-16)10-19-13-5-6-13/h7-8,13-14,19H,2-6,9-11H2,1H3. The van der Waals surface area contributed by atoms with Crippen molar-refractivity contribution < 1.29 is 9.13 Å². The van der Waals surface area contributed by atoms with E-state index in [1.807, 2.05) is 0 Å². The molecule has 1 saturated heterocycles. The summed E-state index contributed by atoms with van der Waals surface area (Å²) in [4.78, 5) is 6.34. The maximum atomic E-state index is 14.4. The van der Waals surface area contributed by atoms with Crippen molar-refractivity contribution >= 4 is 0 Å². The van der Waals surface area contributed by atoms with Gasteiger partial charge in [-0.3, -0.25) is 0 Å². The maximum absolute atomic E-state index is 14.4. The summed E-state index contributed by atoms with van der Waals surface area (Å²) >= 11 is 0. The van der Waals surface area contributed by atoms with Crippen molar-refractivity contribution in [3.63, 3.8) is 0 Å². The summed E-state index contributed by atoms with van der Waals surface area (Å²) in [5, 5.41) is 3.32. The van der Waals surface area contributed by atoms with E-state index in [4.69, 9.17) is 4.74 Å². The summed E-state index contributed by atoms with van der Waals surface area (Å²) in [6.45, 7) is 2.16. The Morgan fingerprint density at radius 2 is 2.24 bits per heavy atom. The summed E-state index contributed by atoms with van der Waals surface area (Å²) in [6.07, 6.45) is 7.60. The van der Waals surface area contributed by atoms with Crippen molar-refractivity contribution in [2.75, 3.05) is 20.2 Å². The van der Waals surface area contributed by atoms with E-state index in [0.29, 0.717) is 30.8 Å². The zero-order valence-corrected chi connectivity index (χ0v) is 12.6. The third-order valence-corrected chi connectivity index (χ3v) is 4.43. The molecule has 1 aromatic rings. The molecule has 3 rings (SSSR count). The molecule has 2 aliphatic rings. The van der Waals surface area contributed by atoms with Crippen LogP contribution in [0.15, 0.2) is 12.3 Å². The number of nitrogens with one attached hydrogen (secondary N) is 1. The van der Waals surface area contributed by atoms with Crippen LogP contribution in [0.4, 0.5) is 4.39 Å². The first-order chi connectivity index (χ1) is 10.2. The molecule has 1 N–H and O–H groups in total. The summed E-state index contributed by atoms with van der Waals surface area (Å²) in [6, 6.07) is 2.66. The minimum Gasteiger partial charge on any atom is -0.474 e. The second kappa shape index (κ2) is 6.71. The van der Waals surface area contributed by atoms with Crippen LogP contribution < -0.4 is 10.1 Å². The summed E-state index contributed by atoms with van der Waals surface area (Å²) in [5.74, 6) is -0.173. The Morgan fingerprint density at radius 3 is 3.00 bits per heavy atom. The van der Waals surface area contributed by atoms with Crippen LogP contribution >= 0.6 is 0 Å². The molecule has 0 amide bonds. The highest BCUT2D eigenvalue weighted by molar-refractivity contribution is 5.23. The molecule has 5 heteroatoms.